The molecule has 0 fully saturated rings. The van der Waals surface area contributed by atoms with Crippen molar-refractivity contribution in [2.24, 2.45) is 0 Å². The summed E-state index contributed by atoms with van der Waals surface area (Å²) in [5.74, 6) is 0.914. The Bertz CT molecular complexity index is 2700. The van der Waals surface area contributed by atoms with Crippen molar-refractivity contribution >= 4 is 32.5 Å². The van der Waals surface area contributed by atoms with Gasteiger partial charge in [-0.3, -0.25) is 16.3 Å². The molecule has 0 spiro atoms. The summed E-state index contributed by atoms with van der Waals surface area (Å²) < 4.78 is 47.2. The van der Waals surface area contributed by atoms with Crippen LogP contribution in [0.25, 0.3) is 71.7 Å². The van der Waals surface area contributed by atoms with Crippen molar-refractivity contribution in [2.45, 2.75) is 20.6 Å². The first kappa shape index (κ1) is 28.2. The number of aryl methyl sites for hydroxylation is 3. The van der Waals surface area contributed by atoms with Crippen molar-refractivity contribution in [3.63, 3.8) is 0 Å². The number of nitrogens with zero attached hydrogens (tertiary/aromatic N) is 3. The maximum Gasteiger partial charge on any atom is 0.0774 e. The molecule has 0 bridgehead atoms. The minimum absolute atomic E-state index is 0. The summed E-state index contributed by atoms with van der Waals surface area (Å²) in [7, 11) is 0. The average Bonchev–Trinajstić information content (AvgIpc) is 3.83. The molecule has 0 aliphatic rings. The van der Waals surface area contributed by atoms with Crippen LogP contribution in [-0.4, -0.2) is 14.5 Å². The van der Waals surface area contributed by atoms with Gasteiger partial charge in [-0.25, -0.2) is 0 Å². The van der Waals surface area contributed by atoms with E-state index in [1.807, 2.05) is 0 Å². The van der Waals surface area contributed by atoms with Gasteiger partial charge in [0.2, 0.25) is 0 Å². The van der Waals surface area contributed by atoms with Crippen LogP contribution in [-0.2, 0) is 20.1 Å². The van der Waals surface area contributed by atoms with Crippen LogP contribution in [0, 0.1) is 32.1 Å². The van der Waals surface area contributed by atoms with E-state index in [1.54, 1.807) is 23.5 Å². The van der Waals surface area contributed by atoms with Gasteiger partial charge in [0.15, 0.2) is 0 Å². The number of thiophene rings is 1. The number of fused-ring (bicyclic) bond motifs is 2. The molecule has 1 radical (unpaired) electrons. The van der Waals surface area contributed by atoms with Gasteiger partial charge in [-0.2, -0.15) is 0 Å². The molecular weight excluding hydrogens is 831 g/mol. The summed E-state index contributed by atoms with van der Waals surface area (Å²) in [6.07, 6.45) is 1.30. The third-order valence-electron chi connectivity index (χ3n) is 8.70. The Labute approximate surface area is 331 Å². The van der Waals surface area contributed by atoms with Gasteiger partial charge in [0, 0.05) is 45.7 Å². The molecular formula is C47H35IrN3S-2. The topological polar surface area (TPSA) is 30.7 Å². The Morgan fingerprint density at radius 2 is 1.33 bits per heavy atom. The number of rotatable bonds is 5. The molecule has 0 unspecified atom stereocenters. The zero-order chi connectivity index (χ0) is 39.7. The minimum Gasteiger partial charge on any atom is -0.332 e. The molecule has 5 heteroatoms. The van der Waals surface area contributed by atoms with E-state index in [0.29, 0.717) is 11.3 Å². The van der Waals surface area contributed by atoms with E-state index in [-0.39, 0.29) is 31.2 Å². The van der Waals surface area contributed by atoms with E-state index in [1.165, 1.54) is 62.3 Å². The predicted molar refractivity (Wildman–Crippen MR) is 214 cm³/mol. The van der Waals surface area contributed by atoms with Crippen molar-refractivity contribution in [1.29, 1.82) is 0 Å². The number of benzene rings is 6. The largest absolute Gasteiger partial charge is 0.332 e. The van der Waals surface area contributed by atoms with Crippen LogP contribution in [0.3, 0.4) is 0 Å². The van der Waals surface area contributed by atoms with Crippen LogP contribution >= 0.6 is 11.3 Å². The first-order chi connectivity index (χ1) is 27.5. The van der Waals surface area contributed by atoms with Crippen LogP contribution < -0.4 is 0 Å². The van der Waals surface area contributed by atoms with Crippen molar-refractivity contribution in [3.8, 4) is 50.6 Å². The molecule has 0 N–H and O–H groups in total. The molecule has 0 amide bonds. The molecule has 9 rings (SSSR count). The zero-order valence-electron chi connectivity index (χ0n) is 34.1. The molecule has 0 atom stereocenters. The van der Waals surface area contributed by atoms with Gasteiger partial charge in [-0.1, -0.05) is 126 Å². The molecule has 3 aromatic heterocycles. The van der Waals surface area contributed by atoms with Gasteiger partial charge in [0.05, 0.1) is 22.5 Å². The summed E-state index contributed by atoms with van der Waals surface area (Å²) in [5.41, 5.74) is 11.7. The van der Waals surface area contributed by atoms with Crippen molar-refractivity contribution in [3.05, 3.63) is 186 Å². The van der Waals surface area contributed by atoms with E-state index < -0.39 is 13.7 Å². The number of imidazole rings is 1. The van der Waals surface area contributed by atoms with Gasteiger partial charge >= 0.3 is 0 Å². The van der Waals surface area contributed by atoms with E-state index in [2.05, 4.69) is 149 Å². The third-order valence-corrected chi connectivity index (χ3v) is 9.59. The smallest absolute Gasteiger partial charge is 0.0774 e. The predicted octanol–water partition coefficient (Wildman–Crippen LogP) is 12.5. The second-order valence-electron chi connectivity index (χ2n) is 12.2. The van der Waals surface area contributed by atoms with E-state index >= 15 is 0 Å². The molecule has 9 aromatic rings. The number of aromatic nitrogens is 3. The maximum absolute atomic E-state index is 7.28. The molecule has 0 saturated carbocycles. The monoisotopic (exact) mass is 872 g/mol. The molecule has 0 saturated heterocycles. The van der Waals surface area contributed by atoms with Crippen molar-refractivity contribution in [1.82, 2.24) is 14.5 Å². The molecule has 255 valence electrons. The number of hydrogen-bond donors (Lipinski definition) is 0. The Morgan fingerprint density at radius 1 is 0.673 bits per heavy atom. The average molecular weight is 872 g/mol. The summed E-state index contributed by atoms with van der Waals surface area (Å²) in [6, 6.07) is 53.3. The van der Waals surface area contributed by atoms with Crippen LogP contribution in [0.15, 0.2) is 158 Å². The Hall–Kier alpha value is -5.45. The molecule has 0 aliphatic carbocycles. The van der Waals surface area contributed by atoms with Crippen LogP contribution in [0.5, 0.6) is 0 Å². The molecule has 3 heterocycles. The normalized spacial score (nSPS) is 13.0. The Kier molecular flexibility index (Phi) is 8.36. The molecule has 3 nitrogen and oxygen atoms in total. The van der Waals surface area contributed by atoms with Gasteiger partial charge in [-0.05, 0) is 66.0 Å². The van der Waals surface area contributed by atoms with Crippen molar-refractivity contribution < 1.29 is 28.3 Å². The standard InChI is InChI=1S/C34H23N2S.C13H12N.Ir/c1-23-20-27(24-12-4-2-5-13-24)33(28(21-23)25-14-6-3-7-15-25)36-31-18-10-9-17-30(31)35-34(36)29-22-37-32-19-11-8-16-26(29)32;1-10-3-6-12(7-4-10)13-8-5-11(2)9-14-13;/h2-21H,1H3;3-6,8-9H,1-2H3;/q2*-1;/i;1D3,2D3;. The second kappa shape index (κ2) is 15.4. The summed E-state index contributed by atoms with van der Waals surface area (Å²) >= 11 is 1.65. The quantitative estimate of drug-likeness (QED) is 0.161. The SMILES string of the molecule is Cc1cc(-c2ccccc2)c(-n2c(-c3[c-]sc4ccccc34)nc3ccccc32)c(-c2ccccc2)c1.[2H]C([2H])([2H])c1c[c-]c(-c2ccc(C([2H])([2H])[2H])cn2)cc1.[Ir]. The number of hydrogen-bond acceptors (Lipinski definition) is 3. The van der Waals surface area contributed by atoms with Gasteiger partial charge < -0.3 is 9.55 Å². The Balaban J connectivity index is 0.000000208. The number of para-hydroxylation sites is 2. The molecule has 0 aliphatic heterocycles. The van der Waals surface area contributed by atoms with Crippen molar-refractivity contribution in [2.75, 3.05) is 0 Å². The van der Waals surface area contributed by atoms with E-state index in [9.17, 15) is 0 Å². The second-order valence-corrected chi connectivity index (χ2v) is 13.0. The first-order valence-electron chi connectivity index (χ1n) is 19.6. The zero-order valence-corrected chi connectivity index (χ0v) is 31.3. The van der Waals surface area contributed by atoms with Gasteiger partial charge in [0.1, 0.15) is 0 Å². The third kappa shape index (κ3) is 7.04. The first-order valence-corrected chi connectivity index (χ1v) is 17.4. The van der Waals surface area contributed by atoms with Crippen LogP contribution in [0.2, 0.25) is 0 Å². The van der Waals surface area contributed by atoms with Gasteiger partial charge in [-0.15, -0.1) is 46.8 Å². The minimum atomic E-state index is -2.18. The summed E-state index contributed by atoms with van der Waals surface area (Å²) in [5, 5.41) is 4.77. The van der Waals surface area contributed by atoms with E-state index in [0.717, 1.165) is 28.1 Å². The van der Waals surface area contributed by atoms with Crippen LogP contribution in [0.1, 0.15) is 24.9 Å². The Morgan fingerprint density at radius 3 is 1.98 bits per heavy atom. The molecule has 52 heavy (non-hydrogen) atoms. The fourth-order valence-electron chi connectivity index (χ4n) is 6.34. The number of pyridine rings is 1. The van der Waals surface area contributed by atoms with E-state index in [4.69, 9.17) is 13.2 Å². The summed E-state index contributed by atoms with van der Waals surface area (Å²) in [6.45, 7) is -2.16. The fraction of sp³-hybridized carbons (Fsp3) is 0.0638. The fourth-order valence-corrected chi connectivity index (χ4v) is 7.18. The molecule has 6 aromatic carbocycles. The summed E-state index contributed by atoms with van der Waals surface area (Å²) in [4.78, 5) is 9.29. The maximum atomic E-state index is 7.28. The van der Waals surface area contributed by atoms with Gasteiger partial charge in [0.25, 0.3) is 0 Å². The van der Waals surface area contributed by atoms with Crippen LogP contribution in [0.4, 0.5) is 0 Å².